The Morgan fingerprint density at radius 2 is 1.61 bits per heavy atom. The van der Waals surface area contributed by atoms with E-state index in [2.05, 4.69) is 9.97 Å². The maximum absolute atomic E-state index is 14.5. The predicted molar refractivity (Wildman–Crippen MR) is 179 cm³/mol. The van der Waals surface area contributed by atoms with Crippen LogP contribution < -0.4 is 5.43 Å². The topological polar surface area (TPSA) is 71.0 Å². The standard InChI is InChI=1S/C37H29F5N4O2S/c38-31-6-3-4-27(36(31)39)22-49-35-18-33(47)30-5-1-2-7-32(30)46(35)21-34(48)45(17-16-29-19-43-23-44-29)20-24-8-10-25(11-9-24)26-12-14-28(15-13-26)37(40,41)42/h1-15,18-19,23H,16-17,20-22H2,(H,43,44). The number of aromatic nitrogens is 3. The fourth-order valence-corrected chi connectivity index (χ4v) is 6.51. The van der Waals surface area contributed by atoms with Gasteiger partial charge in [-0.1, -0.05) is 60.7 Å². The normalized spacial score (nSPS) is 11.6. The molecule has 49 heavy (non-hydrogen) atoms. The Bertz CT molecular complexity index is 2130. The number of H-pyrrole nitrogens is 1. The molecule has 0 atom stereocenters. The molecule has 0 aliphatic heterocycles. The lowest BCUT2D eigenvalue weighted by Crippen LogP contribution is -2.35. The summed E-state index contributed by atoms with van der Waals surface area (Å²) in [6, 6.07) is 24.4. The number of halogens is 5. The van der Waals surface area contributed by atoms with Crippen LogP contribution in [-0.4, -0.2) is 31.9 Å². The minimum absolute atomic E-state index is 0.0321. The average Bonchev–Trinajstić information content (AvgIpc) is 3.62. The van der Waals surface area contributed by atoms with Crippen LogP contribution in [0.25, 0.3) is 22.0 Å². The van der Waals surface area contributed by atoms with Gasteiger partial charge in [0.1, 0.15) is 6.54 Å². The quantitative estimate of drug-likeness (QED) is 0.110. The Morgan fingerprint density at radius 1 is 0.898 bits per heavy atom. The average molecular weight is 689 g/mol. The zero-order chi connectivity index (χ0) is 34.5. The van der Waals surface area contributed by atoms with E-state index >= 15 is 0 Å². The number of hydrogen-bond donors (Lipinski definition) is 1. The summed E-state index contributed by atoms with van der Waals surface area (Å²) in [7, 11) is 0. The Labute approximate surface area is 282 Å². The van der Waals surface area contributed by atoms with Crippen LogP contribution in [0.3, 0.4) is 0 Å². The molecule has 0 fully saturated rings. The number of hydrogen-bond acceptors (Lipinski definition) is 4. The number of nitrogens with one attached hydrogen (secondary N) is 1. The predicted octanol–water partition coefficient (Wildman–Crippen LogP) is 8.25. The van der Waals surface area contributed by atoms with Crippen molar-refractivity contribution in [2.75, 3.05) is 6.54 Å². The molecule has 1 N–H and O–H groups in total. The van der Waals surface area contributed by atoms with E-state index in [4.69, 9.17) is 0 Å². The fraction of sp³-hybridized carbons (Fsp3) is 0.162. The second-order valence-electron chi connectivity index (χ2n) is 11.4. The Morgan fingerprint density at radius 3 is 2.31 bits per heavy atom. The van der Waals surface area contributed by atoms with Gasteiger partial charge in [-0.25, -0.2) is 13.8 Å². The molecule has 0 saturated carbocycles. The summed E-state index contributed by atoms with van der Waals surface area (Å²) in [6.07, 6.45) is -0.703. The van der Waals surface area contributed by atoms with Crippen molar-refractivity contribution in [3.05, 3.63) is 154 Å². The summed E-state index contributed by atoms with van der Waals surface area (Å²) in [4.78, 5) is 36.0. The molecule has 12 heteroatoms. The van der Waals surface area contributed by atoms with E-state index in [1.165, 1.54) is 30.3 Å². The molecule has 250 valence electrons. The van der Waals surface area contributed by atoms with Crippen molar-refractivity contribution in [1.29, 1.82) is 0 Å². The van der Waals surface area contributed by atoms with E-state index in [0.29, 0.717) is 34.5 Å². The molecular formula is C37H29F5N4O2S. The summed E-state index contributed by atoms with van der Waals surface area (Å²) in [5.41, 5.74) is 2.66. The highest BCUT2D eigenvalue weighted by Gasteiger charge is 2.30. The highest BCUT2D eigenvalue weighted by Crippen LogP contribution is 2.31. The number of rotatable bonds is 11. The second kappa shape index (κ2) is 14.5. The SMILES string of the molecule is O=C(Cn1c(SCc2cccc(F)c2F)cc(=O)c2ccccc21)N(CCc1cnc[nH]1)Cc1ccc(-c2ccc(C(F)(F)F)cc2)cc1. The van der Waals surface area contributed by atoms with Crippen LogP contribution in [0.15, 0.2) is 119 Å². The molecule has 1 amide bonds. The summed E-state index contributed by atoms with van der Waals surface area (Å²) < 4.78 is 69.2. The molecule has 4 aromatic carbocycles. The Hall–Kier alpha value is -5.23. The van der Waals surface area contributed by atoms with Crippen molar-refractivity contribution in [1.82, 2.24) is 19.4 Å². The van der Waals surface area contributed by atoms with Crippen molar-refractivity contribution in [2.45, 2.75) is 36.5 Å². The van der Waals surface area contributed by atoms with E-state index in [1.807, 2.05) is 12.1 Å². The minimum Gasteiger partial charge on any atom is -0.348 e. The zero-order valence-electron chi connectivity index (χ0n) is 25.9. The summed E-state index contributed by atoms with van der Waals surface area (Å²) in [5, 5.41) is 0.842. The van der Waals surface area contributed by atoms with Crippen LogP contribution in [0.2, 0.25) is 0 Å². The number of fused-ring (bicyclic) bond motifs is 1. The van der Waals surface area contributed by atoms with Gasteiger partial charge in [-0.2, -0.15) is 13.2 Å². The van der Waals surface area contributed by atoms with Crippen molar-refractivity contribution >= 4 is 28.6 Å². The summed E-state index contributed by atoms with van der Waals surface area (Å²) >= 11 is 1.13. The number of amides is 1. The molecule has 0 aliphatic rings. The lowest BCUT2D eigenvalue weighted by atomic mass is 10.0. The first-order chi connectivity index (χ1) is 23.6. The number of imidazole rings is 1. The number of aromatic amines is 1. The van der Waals surface area contributed by atoms with Gasteiger partial charge < -0.3 is 14.5 Å². The number of thioether (sulfide) groups is 1. The Kier molecular flexibility index (Phi) is 9.95. The molecule has 6 rings (SSSR count). The summed E-state index contributed by atoms with van der Waals surface area (Å²) in [5.74, 6) is -2.15. The van der Waals surface area contributed by atoms with Crippen LogP contribution in [0.1, 0.15) is 22.4 Å². The monoisotopic (exact) mass is 688 g/mol. The molecule has 0 bridgehead atoms. The van der Waals surface area contributed by atoms with E-state index in [9.17, 15) is 31.5 Å². The lowest BCUT2D eigenvalue weighted by Gasteiger charge is -2.25. The highest BCUT2D eigenvalue weighted by atomic mass is 32.2. The first kappa shape index (κ1) is 33.7. The van der Waals surface area contributed by atoms with Gasteiger partial charge in [0.2, 0.25) is 5.91 Å². The van der Waals surface area contributed by atoms with Crippen LogP contribution in [0, 0.1) is 11.6 Å². The first-order valence-electron chi connectivity index (χ1n) is 15.3. The van der Waals surface area contributed by atoms with E-state index < -0.39 is 23.4 Å². The van der Waals surface area contributed by atoms with E-state index in [1.54, 1.807) is 58.4 Å². The van der Waals surface area contributed by atoms with Crippen LogP contribution in [0.4, 0.5) is 22.0 Å². The number of alkyl halides is 3. The minimum atomic E-state index is -4.42. The molecule has 0 radical (unpaired) electrons. The van der Waals surface area contributed by atoms with Crippen LogP contribution >= 0.6 is 11.8 Å². The lowest BCUT2D eigenvalue weighted by molar-refractivity contribution is -0.137. The number of carbonyl (C=O) groups excluding carboxylic acids is 1. The maximum Gasteiger partial charge on any atom is 0.416 e. The van der Waals surface area contributed by atoms with Gasteiger partial charge in [0.25, 0.3) is 0 Å². The zero-order valence-corrected chi connectivity index (χ0v) is 26.7. The molecule has 0 unspecified atom stereocenters. The van der Waals surface area contributed by atoms with Crippen molar-refractivity contribution in [3.63, 3.8) is 0 Å². The molecule has 0 aliphatic carbocycles. The number of pyridine rings is 1. The van der Waals surface area contributed by atoms with Crippen molar-refractivity contribution < 1.29 is 26.7 Å². The largest absolute Gasteiger partial charge is 0.416 e. The van der Waals surface area contributed by atoms with Gasteiger partial charge in [0.15, 0.2) is 17.1 Å². The molecular weight excluding hydrogens is 659 g/mol. The third-order valence-corrected chi connectivity index (χ3v) is 9.20. The van der Waals surface area contributed by atoms with Crippen molar-refractivity contribution in [3.8, 4) is 11.1 Å². The van der Waals surface area contributed by atoms with E-state index in [0.717, 1.165) is 46.8 Å². The molecule has 0 spiro atoms. The maximum atomic E-state index is 14.5. The van der Waals surface area contributed by atoms with Crippen LogP contribution in [-0.2, 0) is 36.2 Å². The molecule has 6 aromatic rings. The van der Waals surface area contributed by atoms with Gasteiger partial charge in [-0.15, -0.1) is 11.8 Å². The van der Waals surface area contributed by atoms with Gasteiger partial charge in [-0.05, 0) is 47.0 Å². The number of nitrogens with zero attached hydrogens (tertiary/aromatic N) is 3. The van der Waals surface area contributed by atoms with Gasteiger partial charge in [0, 0.05) is 54.2 Å². The number of para-hydroxylation sites is 1. The van der Waals surface area contributed by atoms with Gasteiger partial charge >= 0.3 is 6.18 Å². The first-order valence-corrected chi connectivity index (χ1v) is 16.3. The molecule has 2 heterocycles. The van der Waals surface area contributed by atoms with Crippen LogP contribution in [0.5, 0.6) is 0 Å². The third kappa shape index (κ3) is 7.92. The second-order valence-corrected chi connectivity index (χ2v) is 12.4. The third-order valence-electron chi connectivity index (χ3n) is 8.11. The highest BCUT2D eigenvalue weighted by molar-refractivity contribution is 7.98. The van der Waals surface area contributed by atoms with E-state index in [-0.39, 0.29) is 35.7 Å². The number of benzene rings is 4. The summed E-state index contributed by atoms with van der Waals surface area (Å²) in [6.45, 7) is 0.424. The molecule has 2 aromatic heterocycles. The fourth-order valence-electron chi connectivity index (χ4n) is 5.48. The van der Waals surface area contributed by atoms with Gasteiger partial charge in [-0.3, -0.25) is 9.59 Å². The molecule has 6 nitrogen and oxygen atoms in total. The number of carbonyl (C=O) groups is 1. The van der Waals surface area contributed by atoms with Crippen molar-refractivity contribution in [2.24, 2.45) is 0 Å². The Balaban J connectivity index is 1.27. The van der Waals surface area contributed by atoms with Gasteiger partial charge in [0.05, 0.1) is 22.4 Å². The molecule has 0 saturated heterocycles. The smallest absolute Gasteiger partial charge is 0.348 e.